The lowest BCUT2D eigenvalue weighted by Crippen LogP contribution is -2.47. The normalized spacial score (nSPS) is 23.4. The van der Waals surface area contributed by atoms with Crippen molar-refractivity contribution in [1.82, 2.24) is 9.88 Å². The number of hydrogen-bond acceptors (Lipinski definition) is 2. The first kappa shape index (κ1) is 16.6. The molecule has 0 spiro atoms. The number of rotatable bonds is 4. The smallest absolute Gasteiger partial charge is 0.169 e. The third kappa shape index (κ3) is 3.06. The van der Waals surface area contributed by atoms with Crippen LogP contribution in [0.2, 0.25) is 0 Å². The second kappa shape index (κ2) is 6.80. The molecule has 25 heavy (non-hydrogen) atoms. The van der Waals surface area contributed by atoms with Crippen LogP contribution in [0, 0.1) is 18.8 Å². The van der Waals surface area contributed by atoms with Crippen molar-refractivity contribution < 1.29 is 4.79 Å². The largest absolute Gasteiger partial charge is 0.362 e. The topological polar surface area (TPSA) is 36.1 Å². The van der Waals surface area contributed by atoms with E-state index < -0.39 is 0 Å². The number of Topliss-reactive ketones (excluding diaryl/α,β-unsaturated/α-hetero) is 1. The zero-order chi connectivity index (χ0) is 17.4. The number of nitrogens with one attached hydrogen (secondary N) is 1. The summed E-state index contributed by atoms with van der Waals surface area (Å²) < 4.78 is 0. The molecule has 2 aliphatic rings. The van der Waals surface area contributed by atoms with Crippen molar-refractivity contribution >= 4 is 5.78 Å². The summed E-state index contributed by atoms with van der Waals surface area (Å²) in [6.07, 6.45) is 4.21. The number of carbonyl (C=O) groups excluding carboxylic acids is 1. The summed E-state index contributed by atoms with van der Waals surface area (Å²) in [5, 5.41) is 0. The van der Waals surface area contributed by atoms with Crippen LogP contribution in [0.4, 0.5) is 0 Å². The van der Waals surface area contributed by atoms with Gasteiger partial charge in [0.05, 0.1) is 0 Å². The van der Waals surface area contributed by atoms with E-state index in [0.29, 0.717) is 11.7 Å². The highest BCUT2D eigenvalue weighted by Gasteiger charge is 2.41. The molecule has 1 aliphatic heterocycles. The van der Waals surface area contributed by atoms with E-state index in [1.165, 1.54) is 22.5 Å². The van der Waals surface area contributed by atoms with E-state index in [-0.39, 0.29) is 5.92 Å². The van der Waals surface area contributed by atoms with Crippen LogP contribution in [0.1, 0.15) is 46.2 Å². The highest BCUT2D eigenvalue weighted by atomic mass is 16.1. The van der Waals surface area contributed by atoms with Gasteiger partial charge in [-0.15, -0.1) is 0 Å². The number of carbonyl (C=O) groups is 1. The number of aromatic nitrogens is 1. The lowest BCUT2D eigenvalue weighted by atomic mass is 9.72. The molecule has 1 aliphatic carbocycles. The maximum absolute atomic E-state index is 13.2. The molecule has 2 heterocycles. The molecule has 4 rings (SSSR count). The van der Waals surface area contributed by atoms with Gasteiger partial charge < -0.3 is 9.88 Å². The van der Waals surface area contributed by atoms with Crippen LogP contribution in [0.5, 0.6) is 0 Å². The van der Waals surface area contributed by atoms with Crippen LogP contribution in [0.15, 0.2) is 30.3 Å². The van der Waals surface area contributed by atoms with Crippen LogP contribution in [-0.2, 0) is 19.3 Å². The molecule has 1 aromatic carbocycles. The van der Waals surface area contributed by atoms with E-state index in [1.54, 1.807) is 0 Å². The van der Waals surface area contributed by atoms with Gasteiger partial charge >= 0.3 is 0 Å². The third-order valence-corrected chi connectivity index (χ3v) is 6.20. The molecule has 2 aromatic rings. The second-order valence-corrected chi connectivity index (χ2v) is 7.70. The Labute approximate surface area is 150 Å². The minimum absolute atomic E-state index is 0.192. The van der Waals surface area contributed by atoms with Gasteiger partial charge in [-0.2, -0.15) is 0 Å². The van der Waals surface area contributed by atoms with Gasteiger partial charge in [-0.3, -0.25) is 4.79 Å². The summed E-state index contributed by atoms with van der Waals surface area (Å²) in [6, 6.07) is 10.7. The van der Waals surface area contributed by atoms with E-state index in [0.717, 1.165) is 50.9 Å². The summed E-state index contributed by atoms with van der Waals surface area (Å²) >= 11 is 0. The van der Waals surface area contributed by atoms with Crippen molar-refractivity contribution in [2.45, 2.75) is 39.5 Å². The first-order valence-corrected chi connectivity index (χ1v) is 9.68. The van der Waals surface area contributed by atoms with Gasteiger partial charge in [-0.1, -0.05) is 37.3 Å². The molecule has 3 heteroatoms. The van der Waals surface area contributed by atoms with Crippen LogP contribution in [0.25, 0.3) is 0 Å². The standard InChI is InChI=1S/C22H28N2O/c1-3-18-15(2)23-20-13-17-10-12-24(14-19(17)22(25)21(18)20)11-9-16-7-5-4-6-8-16/h4-8,17,19,23H,3,9-14H2,1-2H3. The van der Waals surface area contributed by atoms with Crippen LogP contribution >= 0.6 is 0 Å². The van der Waals surface area contributed by atoms with Crippen molar-refractivity contribution in [1.29, 1.82) is 0 Å². The fraction of sp³-hybridized carbons (Fsp3) is 0.500. The number of nitrogens with zero attached hydrogens (tertiary/aromatic N) is 1. The third-order valence-electron chi connectivity index (χ3n) is 6.20. The molecule has 132 valence electrons. The molecule has 0 radical (unpaired) electrons. The van der Waals surface area contributed by atoms with Gasteiger partial charge in [0.1, 0.15) is 0 Å². The first-order valence-electron chi connectivity index (χ1n) is 9.68. The minimum atomic E-state index is 0.192. The van der Waals surface area contributed by atoms with Gasteiger partial charge in [0.15, 0.2) is 5.78 Å². The number of fused-ring (bicyclic) bond motifs is 2. The van der Waals surface area contributed by atoms with Gasteiger partial charge in [-0.05, 0) is 56.2 Å². The number of aryl methyl sites for hydroxylation is 1. The minimum Gasteiger partial charge on any atom is -0.362 e. The Hall–Kier alpha value is -1.87. The first-order chi connectivity index (χ1) is 12.2. The highest BCUT2D eigenvalue weighted by Crippen LogP contribution is 2.38. The molecule has 3 nitrogen and oxygen atoms in total. The van der Waals surface area contributed by atoms with Crippen molar-refractivity contribution in [3.63, 3.8) is 0 Å². The molecule has 2 atom stereocenters. The molecular formula is C22H28N2O. The average Bonchev–Trinajstić information content (AvgIpc) is 2.96. The van der Waals surface area contributed by atoms with E-state index >= 15 is 0 Å². The van der Waals surface area contributed by atoms with Gasteiger partial charge in [0.2, 0.25) is 0 Å². The van der Waals surface area contributed by atoms with E-state index in [9.17, 15) is 4.79 Å². The number of H-pyrrole nitrogens is 1. The molecular weight excluding hydrogens is 308 g/mol. The maximum atomic E-state index is 13.2. The van der Waals surface area contributed by atoms with Crippen LogP contribution in [-0.4, -0.2) is 35.3 Å². The fourth-order valence-electron chi connectivity index (χ4n) is 4.82. The molecule has 0 amide bonds. The number of likely N-dealkylation sites (tertiary alicyclic amines) is 1. The maximum Gasteiger partial charge on any atom is 0.169 e. The summed E-state index contributed by atoms with van der Waals surface area (Å²) in [4.78, 5) is 19.2. The van der Waals surface area contributed by atoms with Crippen molar-refractivity contribution in [3.05, 3.63) is 58.4 Å². The predicted molar refractivity (Wildman–Crippen MR) is 101 cm³/mol. The molecule has 2 unspecified atom stereocenters. The quantitative estimate of drug-likeness (QED) is 0.922. The Morgan fingerprint density at radius 2 is 2.04 bits per heavy atom. The molecule has 1 fully saturated rings. The molecule has 0 bridgehead atoms. The number of hydrogen-bond donors (Lipinski definition) is 1. The highest BCUT2D eigenvalue weighted by molar-refractivity contribution is 6.02. The number of piperidine rings is 1. The van der Waals surface area contributed by atoms with Crippen LogP contribution in [0.3, 0.4) is 0 Å². The Balaban J connectivity index is 1.48. The molecule has 0 saturated carbocycles. The predicted octanol–water partition coefficient (Wildman–Crippen LogP) is 3.81. The Kier molecular flexibility index (Phi) is 4.51. The van der Waals surface area contributed by atoms with Gasteiger partial charge in [-0.25, -0.2) is 0 Å². The Morgan fingerprint density at radius 1 is 1.24 bits per heavy atom. The van der Waals surface area contributed by atoms with Crippen molar-refractivity contribution in [3.8, 4) is 0 Å². The number of ketones is 1. The molecule has 1 N–H and O–H groups in total. The fourth-order valence-corrected chi connectivity index (χ4v) is 4.82. The van der Waals surface area contributed by atoms with E-state index in [2.05, 4.69) is 54.1 Å². The Bertz CT molecular complexity index is 762. The van der Waals surface area contributed by atoms with Crippen molar-refractivity contribution in [2.24, 2.45) is 11.8 Å². The Morgan fingerprint density at radius 3 is 2.80 bits per heavy atom. The van der Waals surface area contributed by atoms with E-state index in [4.69, 9.17) is 0 Å². The number of aromatic amines is 1. The summed E-state index contributed by atoms with van der Waals surface area (Å²) in [5.74, 6) is 1.12. The SMILES string of the molecule is CCc1c(C)[nH]c2c1C(=O)C1CN(CCc3ccccc3)CCC1C2. The van der Waals surface area contributed by atoms with E-state index in [1.807, 2.05) is 0 Å². The summed E-state index contributed by atoms with van der Waals surface area (Å²) in [5.41, 5.74) is 6.07. The molecule has 1 saturated heterocycles. The summed E-state index contributed by atoms with van der Waals surface area (Å²) in [6.45, 7) is 7.38. The molecule has 1 aromatic heterocycles. The average molecular weight is 336 g/mol. The zero-order valence-electron chi connectivity index (χ0n) is 15.3. The lowest BCUT2D eigenvalue weighted by Gasteiger charge is -2.40. The lowest BCUT2D eigenvalue weighted by molar-refractivity contribution is 0.0662. The zero-order valence-corrected chi connectivity index (χ0v) is 15.3. The monoisotopic (exact) mass is 336 g/mol. The second-order valence-electron chi connectivity index (χ2n) is 7.70. The number of benzene rings is 1. The van der Waals surface area contributed by atoms with Crippen LogP contribution < -0.4 is 0 Å². The van der Waals surface area contributed by atoms with Gasteiger partial charge in [0.25, 0.3) is 0 Å². The van der Waals surface area contributed by atoms with Crippen molar-refractivity contribution in [2.75, 3.05) is 19.6 Å². The summed E-state index contributed by atoms with van der Waals surface area (Å²) in [7, 11) is 0. The van der Waals surface area contributed by atoms with Gasteiger partial charge in [0, 0.05) is 36.0 Å².